The molecule has 1 heterocycles. The summed E-state index contributed by atoms with van der Waals surface area (Å²) in [6.45, 7) is 1.83. The topological polar surface area (TPSA) is 77.2 Å². The van der Waals surface area contributed by atoms with Crippen LogP contribution in [-0.2, 0) is 24.1 Å². The lowest BCUT2D eigenvalue weighted by molar-refractivity contribution is -0.115. The first-order valence-electron chi connectivity index (χ1n) is 9.65. The van der Waals surface area contributed by atoms with Gasteiger partial charge in [0.05, 0.1) is 18.8 Å². The third kappa shape index (κ3) is 4.79. The van der Waals surface area contributed by atoms with E-state index in [1.165, 1.54) is 29.3 Å². The minimum absolute atomic E-state index is 0.0807. The van der Waals surface area contributed by atoms with Crippen molar-refractivity contribution in [3.05, 3.63) is 65.0 Å². The Balaban J connectivity index is 1.33. The van der Waals surface area contributed by atoms with Gasteiger partial charge >= 0.3 is 0 Å². The van der Waals surface area contributed by atoms with Crippen molar-refractivity contribution in [2.45, 2.75) is 43.1 Å². The van der Waals surface area contributed by atoms with Gasteiger partial charge in [-0.15, -0.1) is 10.2 Å². The molecule has 0 aliphatic heterocycles. The Kier molecular flexibility index (Phi) is 5.85. The van der Waals surface area contributed by atoms with Crippen molar-refractivity contribution in [1.29, 1.82) is 0 Å². The van der Waals surface area contributed by atoms with Gasteiger partial charge in [0, 0.05) is 5.69 Å². The number of anilines is 1. The number of thioether (sulfide) groups is 1. The molecule has 0 unspecified atom stereocenters. The summed E-state index contributed by atoms with van der Waals surface area (Å²) in [7, 11) is 1.64. The smallest absolute Gasteiger partial charge is 0.277 e. The van der Waals surface area contributed by atoms with E-state index >= 15 is 0 Å². The lowest BCUT2D eigenvalue weighted by Gasteiger charge is -2.11. The van der Waals surface area contributed by atoms with E-state index in [4.69, 9.17) is 9.15 Å². The zero-order chi connectivity index (χ0) is 20.2. The predicted octanol–water partition coefficient (Wildman–Crippen LogP) is 4.28. The summed E-state index contributed by atoms with van der Waals surface area (Å²) in [5.41, 5.74) is 4.62. The third-order valence-electron chi connectivity index (χ3n) is 4.98. The highest BCUT2D eigenvalue weighted by molar-refractivity contribution is 8.00. The number of fused-ring (bicyclic) bond motifs is 1. The van der Waals surface area contributed by atoms with E-state index in [1.807, 2.05) is 37.3 Å². The second-order valence-electron chi connectivity index (χ2n) is 7.07. The number of amides is 1. The Labute approximate surface area is 174 Å². The molecule has 0 saturated heterocycles. The number of rotatable bonds is 7. The maximum absolute atomic E-state index is 12.5. The molecule has 7 heteroatoms. The van der Waals surface area contributed by atoms with E-state index in [0.29, 0.717) is 17.5 Å². The molecule has 1 amide bonds. The van der Waals surface area contributed by atoms with Gasteiger partial charge in [0.2, 0.25) is 11.8 Å². The summed E-state index contributed by atoms with van der Waals surface area (Å²) in [5.74, 6) is 1.24. The van der Waals surface area contributed by atoms with Crippen molar-refractivity contribution >= 4 is 23.4 Å². The molecular formula is C22H23N3O3S. The van der Waals surface area contributed by atoms with Gasteiger partial charge in [-0.05, 0) is 67.1 Å². The average Bonchev–Trinajstić information content (AvgIpc) is 3.37. The minimum Gasteiger partial charge on any atom is -0.497 e. The van der Waals surface area contributed by atoms with Gasteiger partial charge in [0.15, 0.2) is 0 Å². The molecule has 29 heavy (non-hydrogen) atoms. The molecule has 1 aromatic heterocycles. The van der Waals surface area contributed by atoms with Gasteiger partial charge in [-0.1, -0.05) is 30.0 Å². The first-order chi connectivity index (χ1) is 14.1. The SMILES string of the molecule is COc1ccc(Cc2nnc(S[C@@H](C)C(=O)Nc3ccc4c(c3)CCC4)o2)cc1. The molecule has 1 aliphatic rings. The van der Waals surface area contributed by atoms with Gasteiger partial charge in [0.25, 0.3) is 5.22 Å². The van der Waals surface area contributed by atoms with E-state index in [2.05, 4.69) is 27.6 Å². The fourth-order valence-electron chi connectivity index (χ4n) is 3.37. The summed E-state index contributed by atoms with van der Waals surface area (Å²) < 4.78 is 10.9. The van der Waals surface area contributed by atoms with E-state index in [9.17, 15) is 4.79 Å². The van der Waals surface area contributed by atoms with E-state index < -0.39 is 0 Å². The van der Waals surface area contributed by atoms with Crippen molar-refractivity contribution < 1.29 is 13.9 Å². The van der Waals surface area contributed by atoms with E-state index in [1.54, 1.807) is 7.11 Å². The highest BCUT2D eigenvalue weighted by atomic mass is 32.2. The quantitative estimate of drug-likeness (QED) is 0.587. The van der Waals surface area contributed by atoms with Gasteiger partial charge in [-0.25, -0.2) is 0 Å². The fraction of sp³-hybridized carbons (Fsp3) is 0.318. The van der Waals surface area contributed by atoms with Crippen LogP contribution in [0.2, 0.25) is 0 Å². The van der Waals surface area contributed by atoms with Gasteiger partial charge in [0.1, 0.15) is 5.75 Å². The lowest BCUT2D eigenvalue weighted by Crippen LogP contribution is -2.22. The first-order valence-corrected chi connectivity index (χ1v) is 10.5. The summed E-state index contributed by atoms with van der Waals surface area (Å²) in [4.78, 5) is 12.5. The minimum atomic E-state index is -0.349. The molecule has 0 fully saturated rings. The number of benzene rings is 2. The third-order valence-corrected chi connectivity index (χ3v) is 5.91. The normalized spacial score (nSPS) is 13.7. The summed E-state index contributed by atoms with van der Waals surface area (Å²) in [5, 5.41) is 11.2. The van der Waals surface area contributed by atoms with Gasteiger partial charge < -0.3 is 14.5 Å². The fourth-order valence-corrected chi connectivity index (χ4v) is 4.07. The van der Waals surface area contributed by atoms with Gasteiger partial charge in [-0.3, -0.25) is 4.79 Å². The Bertz CT molecular complexity index is 1000. The Morgan fingerprint density at radius 3 is 2.76 bits per heavy atom. The molecule has 6 nitrogen and oxygen atoms in total. The lowest BCUT2D eigenvalue weighted by atomic mass is 10.1. The maximum atomic E-state index is 12.5. The number of ether oxygens (including phenoxy) is 1. The van der Waals surface area contributed by atoms with E-state index in [-0.39, 0.29) is 11.2 Å². The number of aromatic nitrogens is 2. The van der Waals surface area contributed by atoms with Gasteiger partial charge in [-0.2, -0.15) is 0 Å². The molecule has 1 N–H and O–H groups in total. The highest BCUT2D eigenvalue weighted by Crippen LogP contribution is 2.27. The van der Waals surface area contributed by atoms with Crippen LogP contribution >= 0.6 is 11.8 Å². The van der Waals surface area contributed by atoms with Crippen LogP contribution in [0.15, 0.2) is 52.1 Å². The van der Waals surface area contributed by atoms with E-state index in [0.717, 1.165) is 29.8 Å². The Hall–Kier alpha value is -2.80. The van der Waals surface area contributed by atoms with Crippen LogP contribution in [0.3, 0.4) is 0 Å². The Morgan fingerprint density at radius 1 is 1.17 bits per heavy atom. The van der Waals surface area contributed by atoms with Crippen LogP contribution in [-0.4, -0.2) is 28.5 Å². The molecule has 0 bridgehead atoms. The van der Waals surface area contributed by atoms with Crippen LogP contribution in [0.5, 0.6) is 5.75 Å². The number of hydrogen-bond acceptors (Lipinski definition) is 6. The monoisotopic (exact) mass is 409 g/mol. The largest absolute Gasteiger partial charge is 0.497 e. The average molecular weight is 410 g/mol. The number of carbonyl (C=O) groups is 1. The van der Waals surface area contributed by atoms with Crippen molar-refractivity contribution in [2.75, 3.05) is 12.4 Å². The molecule has 3 aromatic rings. The molecule has 0 saturated carbocycles. The molecule has 0 spiro atoms. The molecular weight excluding hydrogens is 386 g/mol. The van der Waals surface area contributed by atoms with Crippen molar-refractivity contribution in [1.82, 2.24) is 10.2 Å². The summed E-state index contributed by atoms with van der Waals surface area (Å²) in [6, 6.07) is 13.9. The standard InChI is InChI=1S/C22H23N3O3S/c1-14(21(26)23-18-9-8-16-4-3-5-17(16)13-18)29-22-25-24-20(28-22)12-15-6-10-19(27-2)11-7-15/h6-11,13-14H,3-5,12H2,1-2H3,(H,23,26)/t14-/m0/s1. The van der Waals surface area contributed by atoms with Crippen LogP contribution in [0.4, 0.5) is 5.69 Å². The first kappa shape index (κ1) is 19.5. The van der Waals surface area contributed by atoms with Crippen molar-refractivity contribution in [3.8, 4) is 5.75 Å². The zero-order valence-electron chi connectivity index (χ0n) is 16.5. The number of hydrogen-bond donors (Lipinski definition) is 1. The number of nitrogens with one attached hydrogen (secondary N) is 1. The molecule has 4 rings (SSSR count). The second-order valence-corrected chi connectivity index (χ2v) is 8.36. The zero-order valence-corrected chi connectivity index (χ0v) is 17.3. The maximum Gasteiger partial charge on any atom is 0.277 e. The summed E-state index contributed by atoms with van der Waals surface area (Å²) >= 11 is 1.26. The number of aryl methyl sites for hydroxylation is 2. The van der Waals surface area contributed by atoms with Crippen LogP contribution in [0, 0.1) is 0 Å². The molecule has 1 aliphatic carbocycles. The summed E-state index contributed by atoms with van der Waals surface area (Å²) in [6.07, 6.45) is 3.94. The second kappa shape index (κ2) is 8.69. The highest BCUT2D eigenvalue weighted by Gasteiger charge is 2.19. The van der Waals surface area contributed by atoms with Crippen molar-refractivity contribution in [3.63, 3.8) is 0 Å². The molecule has 0 radical (unpaired) electrons. The molecule has 2 aromatic carbocycles. The number of carbonyl (C=O) groups excluding carboxylic acids is 1. The number of methoxy groups -OCH3 is 1. The van der Waals surface area contributed by atoms with Crippen LogP contribution in [0.25, 0.3) is 0 Å². The molecule has 1 atom stereocenters. The Morgan fingerprint density at radius 2 is 1.97 bits per heavy atom. The predicted molar refractivity (Wildman–Crippen MR) is 113 cm³/mol. The molecule has 150 valence electrons. The van der Waals surface area contributed by atoms with Crippen LogP contribution < -0.4 is 10.1 Å². The number of nitrogens with zero attached hydrogens (tertiary/aromatic N) is 2. The van der Waals surface area contributed by atoms with Crippen molar-refractivity contribution in [2.24, 2.45) is 0 Å². The van der Waals surface area contributed by atoms with Crippen LogP contribution in [0.1, 0.15) is 35.9 Å².